The maximum Gasteiger partial charge on any atom is 0.109 e. The van der Waals surface area contributed by atoms with Gasteiger partial charge in [-0.3, -0.25) is 4.98 Å². The number of furan rings is 2. The zero-order valence-corrected chi connectivity index (χ0v) is 62.4. The van der Waals surface area contributed by atoms with Gasteiger partial charge < -0.3 is 8.83 Å². The van der Waals surface area contributed by atoms with Crippen LogP contribution in [0.1, 0.15) is 328 Å². The van der Waals surface area contributed by atoms with Gasteiger partial charge in [0.15, 0.2) is 0 Å². The average Bonchev–Trinajstić information content (AvgIpc) is 4.12. The van der Waals surface area contributed by atoms with Crippen molar-refractivity contribution in [3.8, 4) is 0 Å². The second kappa shape index (κ2) is 29.1. The Morgan fingerprint density at radius 1 is 0.293 bits per heavy atom. The molecule has 466 valence electrons. The Labute approximate surface area is 517 Å². The van der Waals surface area contributed by atoms with Crippen LogP contribution in [0.4, 0.5) is 0 Å². The highest BCUT2D eigenvalue weighted by atomic mass is 32.1. The minimum atomic E-state index is 0.115. The van der Waals surface area contributed by atoms with E-state index in [1.54, 1.807) is 0 Å². The van der Waals surface area contributed by atoms with Gasteiger partial charge in [-0.05, 0) is 124 Å². The summed E-state index contributed by atoms with van der Waals surface area (Å²) in [6.07, 6.45) is 5.81. The maximum absolute atomic E-state index is 5.81. The topological polar surface area (TPSA) is 39.2 Å². The largest absolute Gasteiger partial charge is 0.468 e. The highest BCUT2D eigenvalue weighted by molar-refractivity contribution is 7.12. The molecule has 3 nitrogen and oxygen atoms in total. The molecule has 0 saturated heterocycles. The van der Waals surface area contributed by atoms with Gasteiger partial charge in [0.05, 0.1) is 6.26 Å². The Bertz CT molecular complexity index is 2260. The molecular formula is C77H129NO2S2. The molecule has 0 saturated carbocycles. The van der Waals surface area contributed by atoms with Crippen LogP contribution in [0, 0.1) is 0 Å². The smallest absolute Gasteiger partial charge is 0.109 e. The molecule has 0 fully saturated rings. The van der Waals surface area contributed by atoms with Crippen LogP contribution in [0.5, 0.6) is 0 Å². The van der Waals surface area contributed by atoms with E-state index in [9.17, 15) is 0 Å². The van der Waals surface area contributed by atoms with E-state index in [1.807, 2.05) is 55.2 Å². The minimum absolute atomic E-state index is 0.115. The van der Waals surface area contributed by atoms with Gasteiger partial charge >= 0.3 is 0 Å². The van der Waals surface area contributed by atoms with Gasteiger partial charge in [-0.2, -0.15) is 0 Å². The van der Waals surface area contributed by atoms with E-state index in [2.05, 4.69) is 326 Å². The molecule has 6 rings (SSSR count). The van der Waals surface area contributed by atoms with E-state index in [1.165, 1.54) is 48.0 Å². The molecule has 0 aliphatic carbocycles. The standard InChI is InChI=1S/C14H22.C13H21N.2C12H20O.2C12H20S.C2H6/c1-13(2,3)11-8-7-9-12(10-11)14(4,5)6;1-12(2,3)10-7-11(9-14-8-10)13(4,5)6;1-11(2,3)9-7-10(13-8-9)12(4,5)6;1-11(2,3)9-7-8-10(13-9)12(4,5)6;1-11(2,3)9-7-10(13-8-9)12(4,5)6;1-11(2,3)9-7-8-10(13-9)12(4,5)6;1-2/h7-10H,1-6H3;7-9H,1-6H3;4*7-8H,1-6H3;1-2H3. The number of benzene rings is 1. The minimum Gasteiger partial charge on any atom is -0.468 e. The monoisotopic (exact) mass is 1160 g/mol. The third-order valence-electron chi connectivity index (χ3n) is 13.6. The Balaban J connectivity index is 0.000000954. The molecule has 6 aromatic rings. The normalized spacial score (nSPS) is 13.0. The fraction of sp³-hybridized carbons (Fsp3) is 0.649. The van der Waals surface area contributed by atoms with E-state index in [-0.39, 0.29) is 43.3 Å². The summed E-state index contributed by atoms with van der Waals surface area (Å²) < 4.78 is 11.4. The molecular weight excluding hydrogens is 1030 g/mol. The van der Waals surface area contributed by atoms with Crippen LogP contribution in [0.15, 0.2) is 99.6 Å². The molecule has 1 aromatic carbocycles. The molecule has 0 radical (unpaired) electrons. The van der Waals surface area contributed by atoms with E-state index in [0.29, 0.717) is 21.7 Å². The van der Waals surface area contributed by atoms with Crippen LogP contribution in [-0.4, -0.2) is 4.98 Å². The molecule has 0 spiro atoms. The lowest BCUT2D eigenvalue weighted by molar-refractivity contribution is 0.344. The summed E-state index contributed by atoms with van der Waals surface area (Å²) in [4.78, 5) is 8.77. The maximum atomic E-state index is 5.81. The van der Waals surface area contributed by atoms with Crippen LogP contribution in [0.25, 0.3) is 0 Å². The summed E-state index contributed by atoms with van der Waals surface area (Å²) in [6.45, 7) is 84.2. The van der Waals surface area contributed by atoms with Crippen molar-refractivity contribution >= 4 is 22.7 Å². The van der Waals surface area contributed by atoms with Gasteiger partial charge in [-0.25, -0.2) is 0 Å². The van der Waals surface area contributed by atoms with E-state index >= 15 is 0 Å². The van der Waals surface area contributed by atoms with E-state index in [4.69, 9.17) is 8.83 Å². The first kappa shape index (κ1) is 78.3. The number of aromatic nitrogens is 1. The summed E-state index contributed by atoms with van der Waals surface area (Å²) >= 11 is 3.83. The Morgan fingerprint density at radius 3 is 0.829 bits per heavy atom. The molecule has 0 unspecified atom stereocenters. The molecule has 0 aliphatic heterocycles. The Morgan fingerprint density at radius 2 is 0.610 bits per heavy atom. The summed E-state index contributed by atoms with van der Waals surface area (Å²) in [5.41, 5.74) is 10.8. The lowest BCUT2D eigenvalue weighted by Crippen LogP contribution is -2.16. The van der Waals surface area contributed by atoms with Crippen LogP contribution in [-0.2, 0) is 65.0 Å². The highest BCUT2D eigenvalue weighted by Gasteiger charge is 2.27. The van der Waals surface area contributed by atoms with Gasteiger partial charge in [0.2, 0.25) is 0 Å². The number of hydrogen-bond donors (Lipinski definition) is 0. The van der Waals surface area contributed by atoms with Crippen molar-refractivity contribution in [2.24, 2.45) is 0 Å². The van der Waals surface area contributed by atoms with Crippen molar-refractivity contribution in [3.05, 3.63) is 156 Å². The van der Waals surface area contributed by atoms with E-state index in [0.717, 1.165) is 17.3 Å². The molecule has 0 atom stereocenters. The fourth-order valence-electron chi connectivity index (χ4n) is 7.25. The van der Waals surface area contributed by atoms with Crippen molar-refractivity contribution in [2.75, 3.05) is 0 Å². The summed E-state index contributed by atoms with van der Waals surface area (Å²) in [7, 11) is 0. The van der Waals surface area contributed by atoms with Crippen LogP contribution in [0.3, 0.4) is 0 Å². The Kier molecular flexibility index (Phi) is 27.8. The predicted octanol–water partition coefficient (Wildman–Crippen LogP) is 25.4. The molecule has 5 heteroatoms. The second-order valence-electron chi connectivity index (χ2n) is 34.8. The first-order valence-corrected chi connectivity index (χ1v) is 32.4. The van der Waals surface area contributed by atoms with E-state index < -0.39 is 0 Å². The first-order chi connectivity index (χ1) is 36.3. The van der Waals surface area contributed by atoms with Crippen molar-refractivity contribution < 1.29 is 8.83 Å². The molecule has 0 aliphatic rings. The quantitative estimate of drug-likeness (QED) is 0.152. The lowest BCUT2D eigenvalue weighted by atomic mass is 9.81. The number of hydrogen-bond acceptors (Lipinski definition) is 5. The van der Waals surface area contributed by atoms with Gasteiger partial charge in [-0.1, -0.05) is 293 Å². The summed E-state index contributed by atoms with van der Waals surface area (Å²) in [6, 6.07) is 24.4. The van der Waals surface area contributed by atoms with Crippen LogP contribution < -0.4 is 0 Å². The zero-order chi connectivity index (χ0) is 65.1. The first-order valence-electron chi connectivity index (χ1n) is 30.7. The van der Waals surface area contributed by atoms with Crippen molar-refractivity contribution in [3.63, 3.8) is 0 Å². The summed E-state index contributed by atoms with van der Waals surface area (Å²) in [5, 5.41) is 2.29. The molecule has 5 aromatic heterocycles. The van der Waals surface area contributed by atoms with Gasteiger partial charge in [0.25, 0.3) is 0 Å². The molecule has 0 bridgehead atoms. The van der Waals surface area contributed by atoms with Gasteiger partial charge in [-0.15, -0.1) is 22.7 Å². The molecule has 0 N–H and O–H groups in total. The summed E-state index contributed by atoms with van der Waals surface area (Å²) in [5.74, 6) is 3.20. The number of rotatable bonds is 0. The molecule has 82 heavy (non-hydrogen) atoms. The third kappa shape index (κ3) is 28.0. The third-order valence-corrected chi connectivity index (χ3v) is 16.9. The molecule has 0 amide bonds. The van der Waals surface area contributed by atoms with Crippen LogP contribution in [0.2, 0.25) is 0 Å². The lowest BCUT2D eigenvalue weighted by Gasteiger charge is -2.24. The number of nitrogens with zero attached hydrogens (tertiary/aromatic N) is 1. The zero-order valence-electron chi connectivity index (χ0n) is 60.7. The number of thiophene rings is 2. The van der Waals surface area contributed by atoms with Gasteiger partial charge in [0.1, 0.15) is 17.3 Å². The van der Waals surface area contributed by atoms with Crippen molar-refractivity contribution in [2.45, 2.75) is 328 Å². The number of pyridine rings is 1. The average molecular weight is 1170 g/mol. The second-order valence-corrected chi connectivity index (χ2v) is 36.8. The van der Waals surface area contributed by atoms with Crippen molar-refractivity contribution in [1.82, 2.24) is 4.98 Å². The van der Waals surface area contributed by atoms with Gasteiger partial charge in [0, 0.05) is 43.3 Å². The molecule has 5 heterocycles. The SMILES string of the molecule is CC.CC(C)(C)c1ccc(C(C)(C)C)o1.CC(C)(C)c1ccc(C(C)(C)C)s1.CC(C)(C)c1cccc(C(C)(C)C)c1.CC(C)(C)c1cncc(C(C)(C)C)c1.CC(C)(C)c1coc(C(C)(C)C)c1.CC(C)(C)c1csc(C(C)(C)C)c1. The fourth-order valence-corrected chi connectivity index (χ4v) is 9.59. The predicted molar refractivity (Wildman–Crippen MR) is 372 cm³/mol. The Hall–Kier alpha value is -3.67. The highest BCUT2D eigenvalue weighted by Crippen LogP contribution is 2.37. The van der Waals surface area contributed by atoms with Crippen LogP contribution >= 0.6 is 22.7 Å². The van der Waals surface area contributed by atoms with Crippen molar-refractivity contribution in [1.29, 1.82) is 0 Å².